The lowest BCUT2D eigenvalue weighted by atomic mass is 9.96. The number of ether oxygens (including phenoxy) is 1. The van der Waals surface area contributed by atoms with Crippen molar-refractivity contribution in [1.82, 2.24) is 10.6 Å². The Morgan fingerprint density at radius 1 is 1.20 bits per heavy atom. The van der Waals surface area contributed by atoms with Gasteiger partial charge in [-0.2, -0.15) is 0 Å². The Labute approximate surface area is 146 Å². The van der Waals surface area contributed by atoms with Crippen LogP contribution in [0.5, 0.6) is 5.75 Å². The first-order valence-corrected chi connectivity index (χ1v) is 8.04. The van der Waals surface area contributed by atoms with Crippen LogP contribution in [0.2, 0.25) is 0 Å². The van der Waals surface area contributed by atoms with Crippen molar-refractivity contribution in [2.24, 2.45) is 0 Å². The van der Waals surface area contributed by atoms with Crippen molar-refractivity contribution in [3.05, 3.63) is 65.5 Å². The topological polar surface area (TPSA) is 70.6 Å². The molecule has 0 heterocycles. The van der Waals surface area contributed by atoms with Gasteiger partial charge >= 0.3 is 6.03 Å². The Kier molecular flexibility index (Phi) is 6.36. The minimum Gasteiger partial charge on any atom is -0.497 e. The largest absolute Gasteiger partial charge is 0.497 e. The lowest BCUT2D eigenvalue weighted by molar-refractivity contribution is 0.0593. The molecule has 0 saturated carbocycles. The van der Waals surface area contributed by atoms with E-state index in [0.717, 1.165) is 11.3 Å². The Balaban J connectivity index is 1.77. The highest BCUT2D eigenvalue weighted by Crippen LogP contribution is 2.19. The summed E-state index contributed by atoms with van der Waals surface area (Å²) in [6.45, 7) is 2.04. The molecule has 3 N–H and O–H groups in total. The summed E-state index contributed by atoms with van der Waals surface area (Å²) in [4.78, 5) is 11.9. The fourth-order valence-electron chi connectivity index (χ4n) is 2.37. The quantitative estimate of drug-likeness (QED) is 0.722. The fraction of sp³-hybridized carbons (Fsp3) is 0.316. The molecule has 0 aliphatic rings. The molecule has 0 spiro atoms. The molecule has 0 saturated heterocycles. The minimum absolute atomic E-state index is 0.0175. The third-order valence-electron chi connectivity index (χ3n) is 3.89. The van der Waals surface area contributed by atoms with Crippen LogP contribution in [0.1, 0.15) is 18.1 Å². The van der Waals surface area contributed by atoms with Gasteiger partial charge in [-0.1, -0.05) is 24.3 Å². The van der Waals surface area contributed by atoms with Crippen LogP contribution in [0.3, 0.4) is 0 Å². The molecular weight excluding hydrogens is 323 g/mol. The van der Waals surface area contributed by atoms with Gasteiger partial charge in [0, 0.05) is 6.54 Å². The molecule has 0 fully saturated rings. The highest BCUT2D eigenvalue weighted by molar-refractivity contribution is 5.73. The SMILES string of the molecule is COc1cccc(CCNC(=O)NCC(C)(O)c2ccc(F)cc2)c1. The lowest BCUT2D eigenvalue weighted by Gasteiger charge is -2.24. The average Bonchev–Trinajstić information content (AvgIpc) is 2.61. The van der Waals surface area contributed by atoms with Crippen LogP contribution in [0.15, 0.2) is 48.5 Å². The van der Waals surface area contributed by atoms with Crippen LogP contribution >= 0.6 is 0 Å². The van der Waals surface area contributed by atoms with Gasteiger partial charge in [0.1, 0.15) is 17.2 Å². The first-order valence-electron chi connectivity index (χ1n) is 8.04. The lowest BCUT2D eigenvalue weighted by Crippen LogP contribution is -2.43. The second-order valence-electron chi connectivity index (χ2n) is 5.99. The molecular formula is C19H23FN2O3. The number of urea groups is 1. The Bertz CT molecular complexity index is 702. The predicted octanol–water partition coefficient (Wildman–Crippen LogP) is 2.58. The van der Waals surface area contributed by atoms with E-state index < -0.39 is 5.60 Å². The van der Waals surface area contributed by atoms with Gasteiger partial charge < -0.3 is 20.5 Å². The molecule has 1 unspecified atom stereocenters. The summed E-state index contributed by atoms with van der Waals surface area (Å²) in [5.74, 6) is 0.403. The van der Waals surface area contributed by atoms with E-state index in [-0.39, 0.29) is 18.4 Å². The van der Waals surface area contributed by atoms with Crippen molar-refractivity contribution in [2.75, 3.05) is 20.2 Å². The van der Waals surface area contributed by atoms with Crippen molar-refractivity contribution in [3.8, 4) is 5.75 Å². The third-order valence-corrected chi connectivity index (χ3v) is 3.89. The smallest absolute Gasteiger partial charge is 0.314 e. The molecule has 5 nitrogen and oxygen atoms in total. The molecule has 134 valence electrons. The van der Waals surface area contributed by atoms with Gasteiger partial charge in [0.15, 0.2) is 0 Å². The number of amides is 2. The van der Waals surface area contributed by atoms with Gasteiger partial charge in [0.05, 0.1) is 13.7 Å². The van der Waals surface area contributed by atoms with Crippen LogP contribution in [0.25, 0.3) is 0 Å². The zero-order valence-electron chi connectivity index (χ0n) is 14.4. The number of halogens is 1. The highest BCUT2D eigenvalue weighted by atomic mass is 19.1. The summed E-state index contributed by atoms with van der Waals surface area (Å²) in [5.41, 5.74) is 0.307. The maximum Gasteiger partial charge on any atom is 0.314 e. The number of hydrogen-bond acceptors (Lipinski definition) is 3. The number of rotatable bonds is 7. The molecule has 2 aromatic carbocycles. The number of aliphatic hydroxyl groups is 1. The molecule has 25 heavy (non-hydrogen) atoms. The van der Waals surface area contributed by atoms with Crippen LogP contribution in [0, 0.1) is 5.82 Å². The molecule has 1 atom stereocenters. The van der Waals surface area contributed by atoms with Crippen LogP contribution in [-0.2, 0) is 12.0 Å². The Morgan fingerprint density at radius 3 is 2.60 bits per heavy atom. The van der Waals surface area contributed by atoms with Crippen molar-refractivity contribution < 1.29 is 19.0 Å². The summed E-state index contributed by atoms with van der Waals surface area (Å²) in [6.07, 6.45) is 0.666. The van der Waals surface area contributed by atoms with Gasteiger partial charge in [-0.15, -0.1) is 0 Å². The van der Waals surface area contributed by atoms with E-state index in [1.54, 1.807) is 14.0 Å². The Morgan fingerprint density at radius 2 is 1.92 bits per heavy atom. The van der Waals surface area contributed by atoms with Crippen LogP contribution < -0.4 is 15.4 Å². The third kappa shape index (κ3) is 5.76. The monoisotopic (exact) mass is 346 g/mol. The molecule has 2 amide bonds. The molecule has 6 heteroatoms. The van der Waals surface area contributed by atoms with Gasteiger partial charge in [0.2, 0.25) is 0 Å². The first kappa shape index (κ1) is 18.7. The minimum atomic E-state index is -1.28. The van der Waals surface area contributed by atoms with Gasteiger partial charge in [0.25, 0.3) is 0 Å². The van der Waals surface area contributed by atoms with Crippen molar-refractivity contribution in [3.63, 3.8) is 0 Å². The van der Waals surface area contributed by atoms with Crippen molar-refractivity contribution in [2.45, 2.75) is 18.9 Å². The maximum atomic E-state index is 12.9. The fourth-order valence-corrected chi connectivity index (χ4v) is 2.37. The predicted molar refractivity (Wildman–Crippen MR) is 94.1 cm³/mol. The van der Waals surface area contributed by atoms with Crippen LogP contribution in [0.4, 0.5) is 9.18 Å². The van der Waals surface area contributed by atoms with E-state index in [0.29, 0.717) is 18.5 Å². The number of carbonyl (C=O) groups is 1. The van der Waals surface area contributed by atoms with E-state index in [1.165, 1.54) is 24.3 Å². The number of carbonyl (C=O) groups excluding carboxylic acids is 1. The zero-order valence-corrected chi connectivity index (χ0v) is 14.4. The van der Waals surface area contributed by atoms with Crippen molar-refractivity contribution in [1.29, 1.82) is 0 Å². The average molecular weight is 346 g/mol. The molecule has 0 bridgehead atoms. The maximum absolute atomic E-state index is 12.9. The van der Waals surface area contributed by atoms with Gasteiger partial charge in [-0.25, -0.2) is 9.18 Å². The summed E-state index contributed by atoms with van der Waals surface area (Å²) in [5, 5.41) is 15.8. The standard InChI is InChI=1S/C19H23FN2O3/c1-19(24,15-6-8-16(20)9-7-15)13-22-18(23)21-11-10-14-4-3-5-17(12-14)25-2/h3-9,12,24H,10-11,13H2,1-2H3,(H2,21,22,23). The summed E-state index contributed by atoms with van der Waals surface area (Å²) in [6, 6.07) is 12.8. The van der Waals surface area contributed by atoms with Gasteiger partial charge in [-0.05, 0) is 48.7 Å². The van der Waals surface area contributed by atoms with E-state index in [4.69, 9.17) is 4.74 Å². The normalized spacial score (nSPS) is 13.0. The molecule has 0 radical (unpaired) electrons. The second-order valence-corrected chi connectivity index (χ2v) is 5.99. The second kappa shape index (κ2) is 8.48. The number of methoxy groups -OCH3 is 1. The van der Waals surface area contributed by atoms with Crippen LogP contribution in [-0.4, -0.2) is 31.3 Å². The molecule has 2 rings (SSSR count). The first-order chi connectivity index (χ1) is 11.9. The van der Waals surface area contributed by atoms with E-state index in [1.807, 2.05) is 24.3 Å². The van der Waals surface area contributed by atoms with Gasteiger partial charge in [-0.3, -0.25) is 0 Å². The molecule has 0 aliphatic carbocycles. The summed E-state index contributed by atoms with van der Waals surface area (Å²) < 4.78 is 18.1. The number of benzene rings is 2. The highest BCUT2D eigenvalue weighted by Gasteiger charge is 2.23. The zero-order chi connectivity index (χ0) is 18.3. The summed E-state index contributed by atoms with van der Waals surface area (Å²) >= 11 is 0. The Hall–Kier alpha value is -2.60. The van der Waals surface area contributed by atoms with E-state index >= 15 is 0 Å². The molecule has 0 aromatic heterocycles. The molecule has 2 aromatic rings. The van der Waals surface area contributed by atoms with E-state index in [2.05, 4.69) is 10.6 Å². The van der Waals surface area contributed by atoms with Crippen molar-refractivity contribution >= 4 is 6.03 Å². The van der Waals surface area contributed by atoms with E-state index in [9.17, 15) is 14.3 Å². The number of hydrogen-bond donors (Lipinski definition) is 3. The number of nitrogens with one attached hydrogen (secondary N) is 2. The molecule has 0 aliphatic heterocycles. The summed E-state index contributed by atoms with van der Waals surface area (Å²) in [7, 11) is 1.61.